The summed E-state index contributed by atoms with van der Waals surface area (Å²) in [6.07, 6.45) is -0.412. The third-order valence-electron chi connectivity index (χ3n) is 4.07. The summed E-state index contributed by atoms with van der Waals surface area (Å²) in [5, 5.41) is 13.2. The molecule has 0 saturated heterocycles. The average Bonchev–Trinajstić information content (AvgIpc) is 2.67. The summed E-state index contributed by atoms with van der Waals surface area (Å²) in [5.74, 6) is 0.212. The lowest BCUT2D eigenvalue weighted by molar-refractivity contribution is -0.598. The van der Waals surface area contributed by atoms with Crippen molar-refractivity contribution in [2.24, 2.45) is 5.92 Å². The van der Waals surface area contributed by atoms with E-state index in [9.17, 15) is 18.3 Å². The average molecular weight is 552 g/mol. The summed E-state index contributed by atoms with van der Waals surface area (Å²) in [6, 6.07) is 23.4. The van der Waals surface area contributed by atoms with Crippen molar-refractivity contribution in [3.63, 3.8) is 0 Å². The van der Waals surface area contributed by atoms with Gasteiger partial charge < -0.3 is 9.66 Å². The van der Waals surface area contributed by atoms with Crippen LogP contribution in [0, 0.1) is 13.1 Å². The Morgan fingerprint density at radius 2 is 1.47 bits per heavy atom. The van der Waals surface area contributed by atoms with Crippen LogP contribution in [0.1, 0.15) is 25.5 Å². The summed E-state index contributed by atoms with van der Waals surface area (Å²) in [6.45, 7) is 4.16. The summed E-state index contributed by atoms with van der Waals surface area (Å²) >= 11 is -0.287. The minimum absolute atomic E-state index is 0.212. The summed E-state index contributed by atoms with van der Waals surface area (Å²) in [7, 11) is -6.09. The van der Waals surface area contributed by atoms with Crippen LogP contribution in [0.4, 0.5) is 13.2 Å². The summed E-state index contributed by atoms with van der Waals surface area (Å²) < 4.78 is 61.6. The topological polar surface area (TPSA) is 77.4 Å². The predicted octanol–water partition coefficient (Wildman–Crippen LogP) is 1.71. The van der Waals surface area contributed by atoms with E-state index in [0.29, 0.717) is 0 Å². The van der Waals surface area contributed by atoms with E-state index in [0.717, 1.165) is 5.56 Å². The smallest absolute Gasteiger partial charge is 0.485 e. The van der Waals surface area contributed by atoms with Gasteiger partial charge in [0, 0.05) is 5.56 Å². The molecular formula is C21H20F3IO4S. The first kappa shape index (κ1) is 24.6. The van der Waals surface area contributed by atoms with E-state index in [4.69, 9.17) is 13.0 Å². The van der Waals surface area contributed by atoms with E-state index in [1.165, 1.54) is 17.9 Å². The number of benzene rings is 3. The van der Waals surface area contributed by atoms with Gasteiger partial charge in [-0.15, -0.1) is 0 Å². The third kappa shape index (κ3) is 6.40. The van der Waals surface area contributed by atoms with Gasteiger partial charge in [0.05, 0.1) is 6.10 Å². The number of hydrogen-bond acceptors (Lipinski definition) is 4. The summed E-state index contributed by atoms with van der Waals surface area (Å²) in [5.41, 5.74) is -4.52. The van der Waals surface area contributed by atoms with Gasteiger partial charge in [-0.2, -0.15) is 13.2 Å². The normalized spacial score (nSPS) is 13.1. The van der Waals surface area contributed by atoms with E-state index >= 15 is 0 Å². The van der Waals surface area contributed by atoms with Crippen LogP contribution in [0.2, 0.25) is 0 Å². The highest BCUT2D eigenvalue weighted by molar-refractivity contribution is 7.86. The van der Waals surface area contributed by atoms with Gasteiger partial charge in [0.15, 0.2) is 13.7 Å². The van der Waals surface area contributed by atoms with Gasteiger partial charge in [0.2, 0.25) is 3.57 Å². The molecule has 1 atom stereocenters. The molecule has 0 saturated carbocycles. The van der Waals surface area contributed by atoms with Crippen molar-refractivity contribution in [1.82, 2.24) is 0 Å². The Morgan fingerprint density at radius 1 is 0.933 bits per heavy atom. The lowest BCUT2D eigenvalue weighted by atomic mass is 9.94. The predicted molar refractivity (Wildman–Crippen MR) is 103 cm³/mol. The molecular weight excluding hydrogens is 532 g/mol. The number of aliphatic hydroxyl groups is 1. The first-order valence-corrected chi connectivity index (χ1v) is 12.4. The molecule has 0 aliphatic carbocycles. The van der Waals surface area contributed by atoms with Crippen LogP contribution in [-0.2, 0) is 10.1 Å². The van der Waals surface area contributed by atoms with Gasteiger partial charge in [0.1, 0.15) is 0 Å². The molecule has 9 heteroatoms. The Morgan fingerprint density at radius 3 is 2.00 bits per heavy atom. The molecule has 0 heterocycles. The molecule has 4 nitrogen and oxygen atoms in total. The molecule has 3 aromatic rings. The molecule has 0 unspecified atom stereocenters. The van der Waals surface area contributed by atoms with Gasteiger partial charge in [-0.05, 0) is 41.0 Å². The molecule has 0 bridgehead atoms. The lowest BCUT2D eigenvalue weighted by Crippen LogP contribution is -3.61. The van der Waals surface area contributed by atoms with Crippen LogP contribution in [0.25, 0.3) is 10.8 Å². The van der Waals surface area contributed by atoms with Crippen LogP contribution in [0.15, 0.2) is 66.7 Å². The van der Waals surface area contributed by atoms with Gasteiger partial charge in [0.25, 0.3) is 0 Å². The van der Waals surface area contributed by atoms with Crippen LogP contribution < -0.4 is 21.2 Å². The quantitative estimate of drug-likeness (QED) is 0.304. The molecule has 162 valence electrons. The molecule has 0 spiro atoms. The lowest BCUT2D eigenvalue weighted by Gasteiger charge is -2.17. The van der Waals surface area contributed by atoms with Crippen molar-refractivity contribution in [2.45, 2.75) is 25.5 Å². The van der Waals surface area contributed by atoms with Crippen molar-refractivity contribution in [2.75, 3.05) is 0 Å². The fraction of sp³-hybridized carbons (Fsp3) is 0.238. The standard InChI is InChI=1S/C20H20IO.CHF3O3S/c1-14(2)20(22)19-17-11-7-6-8-15(17)12-13-18(19)21-16-9-4-3-5-10-16;2-1(3,4)8(5,6)7/h3-14,20,22H,1-2H3;(H,5,6,7)/q+1;/p-1/t20-;/m1./s1. The van der Waals surface area contributed by atoms with Crippen molar-refractivity contribution >= 4 is 20.9 Å². The first-order chi connectivity index (χ1) is 13.9. The van der Waals surface area contributed by atoms with E-state index in [1.54, 1.807) is 0 Å². The van der Waals surface area contributed by atoms with Gasteiger partial charge >= 0.3 is 26.7 Å². The molecule has 0 aliphatic heterocycles. The maximum absolute atomic E-state index is 10.8. The van der Waals surface area contributed by atoms with Crippen molar-refractivity contribution in [1.29, 1.82) is 0 Å². The van der Waals surface area contributed by atoms with E-state index < -0.39 is 21.7 Å². The van der Waals surface area contributed by atoms with E-state index in [2.05, 4.69) is 80.6 Å². The van der Waals surface area contributed by atoms with E-state index in [-0.39, 0.29) is 27.1 Å². The monoisotopic (exact) mass is 552 g/mol. The highest BCUT2D eigenvalue weighted by Crippen LogP contribution is 2.28. The van der Waals surface area contributed by atoms with Crippen LogP contribution in [-0.4, -0.2) is 23.6 Å². The van der Waals surface area contributed by atoms with Gasteiger partial charge in [-0.3, -0.25) is 0 Å². The molecule has 3 aromatic carbocycles. The third-order valence-corrected chi connectivity index (χ3v) is 7.50. The minimum atomic E-state index is -6.09. The number of halogens is 4. The highest BCUT2D eigenvalue weighted by atomic mass is 127. The second-order valence-corrected chi connectivity index (χ2v) is 11.0. The van der Waals surface area contributed by atoms with Gasteiger partial charge in [-0.25, -0.2) is 8.42 Å². The number of aliphatic hydroxyl groups excluding tert-OH is 1. The molecule has 0 fully saturated rings. The van der Waals surface area contributed by atoms with Gasteiger partial charge in [-0.1, -0.05) is 56.3 Å². The first-order valence-electron chi connectivity index (χ1n) is 8.83. The maximum Gasteiger partial charge on any atom is 0.485 e. The SMILES string of the molecule is CC(C)[C@@H](O)c1c([I+]c2ccccc2)ccc2ccccc12.O=S(=O)([O-])C(F)(F)F. The Labute approximate surface area is 183 Å². The molecule has 3 rings (SSSR count). The number of fused-ring (bicyclic) bond motifs is 1. The van der Waals surface area contributed by atoms with Crippen LogP contribution in [0.5, 0.6) is 0 Å². The second-order valence-electron chi connectivity index (χ2n) is 6.66. The zero-order valence-electron chi connectivity index (χ0n) is 16.1. The van der Waals surface area contributed by atoms with Crippen molar-refractivity contribution in [3.8, 4) is 0 Å². The zero-order chi connectivity index (χ0) is 22.5. The second kappa shape index (κ2) is 10.1. The zero-order valence-corrected chi connectivity index (χ0v) is 19.1. The van der Waals surface area contributed by atoms with Crippen molar-refractivity contribution in [3.05, 3.63) is 79.4 Å². The fourth-order valence-corrected chi connectivity index (χ4v) is 5.29. The molecule has 0 amide bonds. The fourth-order valence-electron chi connectivity index (χ4n) is 2.58. The number of rotatable bonds is 4. The molecule has 0 aliphatic rings. The molecule has 1 N–H and O–H groups in total. The Hall–Kier alpha value is -1.69. The van der Waals surface area contributed by atoms with Crippen molar-refractivity contribution < 1.29 is 52.5 Å². The molecule has 0 radical (unpaired) electrons. The minimum Gasteiger partial charge on any atom is -0.741 e. The Balaban J connectivity index is 0.000000343. The van der Waals surface area contributed by atoms with Crippen LogP contribution >= 0.6 is 0 Å². The largest absolute Gasteiger partial charge is 0.741 e. The van der Waals surface area contributed by atoms with Crippen LogP contribution in [0.3, 0.4) is 0 Å². The maximum atomic E-state index is 10.8. The molecule has 0 aromatic heterocycles. The Bertz CT molecular complexity index is 1080. The van der Waals surface area contributed by atoms with E-state index in [1.807, 2.05) is 0 Å². The number of alkyl halides is 3. The summed E-state index contributed by atoms with van der Waals surface area (Å²) in [4.78, 5) is 0. The molecule has 30 heavy (non-hydrogen) atoms. The highest BCUT2D eigenvalue weighted by Gasteiger charge is 2.37. The Kier molecular flexibility index (Phi) is 8.26. The number of hydrogen-bond donors (Lipinski definition) is 1.